The Labute approximate surface area is 103 Å². The third kappa shape index (κ3) is 1.50. The minimum absolute atomic E-state index is 0.0238. The summed E-state index contributed by atoms with van der Waals surface area (Å²) in [6.45, 7) is 8.56. The van der Waals surface area contributed by atoms with Crippen molar-refractivity contribution in [1.29, 1.82) is 0 Å². The lowest BCUT2D eigenvalue weighted by Gasteiger charge is -2.46. The molecule has 3 atom stereocenters. The molecular formula is C15H20O2. The third-order valence-corrected chi connectivity index (χ3v) is 5.03. The average Bonchev–Trinajstić information content (AvgIpc) is 2.52. The fraction of sp³-hybridized carbons (Fsp3) is 0.667. The number of ether oxygens (including phenoxy) is 1. The van der Waals surface area contributed by atoms with Gasteiger partial charge in [0.15, 0.2) is 0 Å². The van der Waals surface area contributed by atoms with Crippen LogP contribution in [0.5, 0.6) is 0 Å². The van der Waals surface area contributed by atoms with Gasteiger partial charge >= 0.3 is 5.97 Å². The van der Waals surface area contributed by atoms with Crippen molar-refractivity contribution >= 4 is 5.97 Å². The van der Waals surface area contributed by atoms with E-state index in [0.29, 0.717) is 5.92 Å². The number of carbonyl (C=O) groups excluding carboxylic acids is 1. The largest absolute Gasteiger partial charge is 0.431 e. The Morgan fingerprint density at radius 2 is 2.24 bits per heavy atom. The molecule has 0 spiro atoms. The van der Waals surface area contributed by atoms with Gasteiger partial charge in [-0.15, -0.1) is 0 Å². The van der Waals surface area contributed by atoms with Crippen LogP contribution in [0.15, 0.2) is 23.5 Å². The molecule has 2 nitrogen and oxygen atoms in total. The molecule has 1 aliphatic heterocycles. The average molecular weight is 232 g/mol. The first-order chi connectivity index (χ1) is 8.01. The first-order valence-corrected chi connectivity index (χ1v) is 6.62. The number of rotatable bonds is 0. The molecule has 2 aliphatic carbocycles. The summed E-state index contributed by atoms with van der Waals surface area (Å²) in [5, 5.41) is 0. The molecule has 1 saturated carbocycles. The van der Waals surface area contributed by atoms with Gasteiger partial charge in [0.25, 0.3) is 0 Å². The van der Waals surface area contributed by atoms with E-state index in [2.05, 4.69) is 13.5 Å². The van der Waals surface area contributed by atoms with E-state index >= 15 is 0 Å². The van der Waals surface area contributed by atoms with Crippen LogP contribution in [0.4, 0.5) is 0 Å². The maximum Gasteiger partial charge on any atom is 0.317 e. The Morgan fingerprint density at radius 3 is 3.00 bits per heavy atom. The molecule has 0 aromatic carbocycles. The van der Waals surface area contributed by atoms with Gasteiger partial charge in [0.1, 0.15) is 5.76 Å². The molecule has 92 valence electrons. The number of hydrogen-bond donors (Lipinski definition) is 0. The molecule has 0 saturated heterocycles. The van der Waals surface area contributed by atoms with Crippen LogP contribution >= 0.6 is 0 Å². The van der Waals surface area contributed by atoms with Gasteiger partial charge in [-0.2, -0.15) is 0 Å². The first-order valence-electron chi connectivity index (χ1n) is 6.62. The van der Waals surface area contributed by atoms with Crippen molar-refractivity contribution in [2.45, 2.75) is 46.0 Å². The highest BCUT2D eigenvalue weighted by atomic mass is 16.5. The molecule has 1 heterocycles. The molecule has 0 radical (unpaired) electrons. The smallest absolute Gasteiger partial charge is 0.317 e. The van der Waals surface area contributed by atoms with Gasteiger partial charge in [-0.1, -0.05) is 19.1 Å². The summed E-state index contributed by atoms with van der Waals surface area (Å²) < 4.78 is 5.44. The Hall–Kier alpha value is -1.05. The van der Waals surface area contributed by atoms with Crippen LogP contribution in [0.25, 0.3) is 0 Å². The van der Waals surface area contributed by atoms with E-state index in [1.165, 1.54) is 24.0 Å². The van der Waals surface area contributed by atoms with E-state index in [4.69, 9.17) is 4.74 Å². The quantitative estimate of drug-likeness (QED) is 0.471. The lowest BCUT2D eigenvalue weighted by molar-refractivity contribution is -0.140. The van der Waals surface area contributed by atoms with Crippen molar-refractivity contribution in [2.75, 3.05) is 0 Å². The van der Waals surface area contributed by atoms with Crippen molar-refractivity contribution in [3.05, 3.63) is 23.5 Å². The zero-order valence-corrected chi connectivity index (χ0v) is 10.7. The summed E-state index contributed by atoms with van der Waals surface area (Å²) >= 11 is 0. The van der Waals surface area contributed by atoms with Crippen molar-refractivity contribution in [1.82, 2.24) is 0 Å². The summed E-state index contributed by atoms with van der Waals surface area (Å²) in [4.78, 5) is 11.6. The summed E-state index contributed by atoms with van der Waals surface area (Å²) in [6.07, 6.45) is 5.56. The highest BCUT2D eigenvalue weighted by Gasteiger charge is 2.47. The predicted molar refractivity (Wildman–Crippen MR) is 66.1 cm³/mol. The lowest BCUT2D eigenvalue weighted by atomic mass is 9.58. The maximum absolute atomic E-state index is 11.6. The number of esters is 1. The van der Waals surface area contributed by atoms with Crippen LogP contribution < -0.4 is 0 Å². The number of hydrogen-bond acceptors (Lipinski definition) is 2. The number of allylic oxidation sites excluding steroid dienone is 2. The maximum atomic E-state index is 11.6. The zero-order chi connectivity index (χ0) is 12.2. The van der Waals surface area contributed by atoms with E-state index in [0.717, 1.165) is 25.0 Å². The fourth-order valence-electron chi connectivity index (χ4n) is 3.85. The minimum Gasteiger partial charge on any atom is -0.431 e. The van der Waals surface area contributed by atoms with Crippen molar-refractivity contribution in [3.8, 4) is 0 Å². The second kappa shape index (κ2) is 3.47. The molecule has 3 rings (SSSR count). The van der Waals surface area contributed by atoms with E-state index in [1.807, 2.05) is 6.92 Å². The van der Waals surface area contributed by atoms with Crippen LogP contribution in [0.2, 0.25) is 0 Å². The van der Waals surface area contributed by atoms with E-state index in [1.54, 1.807) is 0 Å². The standard InChI is InChI=1S/C15H20O2/c1-9-5-4-6-15(3)8-13-11(7-12(9)15)10(2)14(16)17-13/h10,12H,1,4-8H2,2-3H3/t10?,12-,15+/m0/s1. The number of fused-ring (bicyclic) bond motifs is 1. The molecule has 17 heavy (non-hydrogen) atoms. The van der Waals surface area contributed by atoms with Crippen LogP contribution in [-0.4, -0.2) is 5.97 Å². The van der Waals surface area contributed by atoms with Crippen LogP contribution in [0.1, 0.15) is 46.0 Å². The SMILES string of the molecule is C=C1CCC[C@]2(C)CC3=C(C[C@@H]12)C(C)C(=O)O3. The van der Waals surface area contributed by atoms with Gasteiger partial charge in [-0.05, 0) is 49.5 Å². The predicted octanol–water partition coefficient (Wildman–Crippen LogP) is 3.59. The third-order valence-electron chi connectivity index (χ3n) is 5.03. The fourth-order valence-corrected chi connectivity index (χ4v) is 3.85. The van der Waals surface area contributed by atoms with Gasteiger partial charge in [0.05, 0.1) is 5.92 Å². The van der Waals surface area contributed by atoms with Crippen molar-refractivity contribution in [2.24, 2.45) is 17.3 Å². The summed E-state index contributed by atoms with van der Waals surface area (Å²) in [7, 11) is 0. The highest BCUT2D eigenvalue weighted by Crippen LogP contribution is 2.56. The Kier molecular flexibility index (Phi) is 2.26. The molecule has 0 aromatic heterocycles. The van der Waals surface area contributed by atoms with Crippen molar-refractivity contribution < 1.29 is 9.53 Å². The highest BCUT2D eigenvalue weighted by molar-refractivity contribution is 5.80. The molecule has 1 unspecified atom stereocenters. The Balaban J connectivity index is 1.97. The molecule has 2 heteroatoms. The van der Waals surface area contributed by atoms with Gasteiger partial charge in [-0.25, -0.2) is 0 Å². The molecule has 0 bridgehead atoms. The molecular weight excluding hydrogens is 212 g/mol. The first kappa shape index (κ1) is 11.1. The van der Waals surface area contributed by atoms with Crippen LogP contribution in [0, 0.1) is 17.3 Å². The van der Waals surface area contributed by atoms with Crippen LogP contribution in [-0.2, 0) is 9.53 Å². The van der Waals surface area contributed by atoms with Gasteiger partial charge < -0.3 is 4.74 Å². The second-order valence-corrected chi connectivity index (χ2v) is 6.19. The molecule has 1 fully saturated rings. The molecule has 3 aliphatic rings. The van der Waals surface area contributed by atoms with Gasteiger partial charge in [0.2, 0.25) is 0 Å². The Morgan fingerprint density at radius 1 is 1.47 bits per heavy atom. The summed E-state index contributed by atoms with van der Waals surface area (Å²) in [6, 6.07) is 0. The second-order valence-electron chi connectivity index (χ2n) is 6.19. The van der Waals surface area contributed by atoms with Crippen LogP contribution in [0.3, 0.4) is 0 Å². The summed E-state index contributed by atoms with van der Waals surface area (Å²) in [5.74, 6) is 1.47. The number of carbonyl (C=O) groups is 1. The minimum atomic E-state index is -0.0529. The normalized spacial score (nSPS) is 41.1. The molecule has 0 amide bonds. The zero-order valence-electron chi connectivity index (χ0n) is 10.7. The van der Waals surface area contributed by atoms with Gasteiger partial charge in [-0.3, -0.25) is 4.79 Å². The van der Waals surface area contributed by atoms with Crippen molar-refractivity contribution in [3.63, 3.8) is 0 Å². The van der Waals surface area contributed by atoms with E-state index in [-0.39, 0.29) is 17.3 Å². The van der Waals surface area contributed by atoms with E-state index in [9.17, 15) is 4.79 Å². The monoisotopic (exact) mass is 232 g/mol. The molecule has 0 N–H and O–H groups in total. The lowest BCUT2D eigenvalue weighted by Crippen LogP contribution is -2.36. The topological polar surface area (TPSA) is 26.3 Å². The summed E-state index contributed by atoms with van der Waals surface area (Å²) in [5.41, 5.74) is 2.91. The Bertz CT molecular complexity index is 432. The molecule has 0 aromatic rings. The van der Waals surface area contributed by atoms with Gasteiger partial charge in [0, 0.05) is 6.42 Å². The van der Waals surface area contributed by atoms with E-state index < -0.39 is 0 Å².